The number of hydrogen-bond donors (Lipinski definition) is 1. The Kier molecular flexibility index (Phi) is 3.31. The maximum Gasteiger partial charge on any atom is 0.175 e. The van der Waals surface area contributed by atoms with Gasteiger partial charge in [0.1, 0.15) is 5.82 Å². The number of hydrogen-bond acceptors (Lipinski definition) is 4. The highest BCUT2D eigenvalue weighted by atomic mass is 32.2. The van der Waals surface area contributed by atoms with E-state index in [-0.39, 0.29) is 23.4 Å². The lowest BCUT2D eigenvalue weighted by molar-refractivity contribution is 0.499. The second-order valence-electron chi connectivity index (χ2n) is 7.36. The number of H-pyrrole nitrogens is 1. The molecule has 1 saturated heterocycles. The van der Waals surface area contributed by atoms with Gasteiger partial charge in [0.25, 0.3) is 0 Å². The van der Waals surface area contributed by atoms with E-state index in [1.54, 1.807) is 10.7 Å². The van der Waals surface area contributed by atoms with Crippen molar-refractivity contribution in [3.63, 3.8) is 0 Å². The molecule has 2 aliphatic rings. The fourth-order valence-electron chi connectivity index (χ4n) is 3.79. The third kappa shape index (κ3) is 2.46. The molecule has 2 fully saturated rings. The highest BCUT2D eigenvalue weighted by molar-refractivity contribution is 7.91. The van der Waals surface area contributed by atoms with Gasteiger partial charge in [0.05, 0.1) is 28.8 Å². The van der Waals surface area contributed by atoms with Gasteiger partial charge in [-0.2, -0.15) is 5.10 Å². The van der Waals surface area contributed by atoms with Crippen LogP contribution in [0.15, 0.2) is 18.2 Å². The summed E-state index contributed by atoms with van der Waals surface area (Å²) in [4.78, 5) is 7.88. The number of fused-ring (bicyclic) bond motifs is 1. The molecular formula is C18H19FN4O2S. The van der Waals surface area contributed by atoms with Crippen LogP contribution in [0, 0.1) is 12.7 Å². The molecule has 1 saturated carbocycles. The number of aromatic amines is 1. The molecule has 1 aromatic carbocycles. The van der Waals surface area contributed by atoms with Crippen LogP contribution in [0.4, 0.5) is 4.39 Å². The van der Waals surface area contributed by atoms with Crippen molar-refractivity contribution >= 4 is 20.7 Å². The molecule has 0 amide bonds. The number of para-hydroxylation sites is 1. The average Bonchev–Trinajstić information content (AvgIpc) is 3.12. The number of rotatable bonds is 3. The summed E-state index contributed by atoms with van der Waals surface area (Å²) in [5.41, 5.74) is 2.06. The Balaban J connectivity index is 1.69. The molecule has 0 unspecified atom stereocenters. The number of nitrogens with one attached hydrogen (secondary N) is 1. The molecule has 1 atom stereocenters. The first-order valence-corrected chi connectivity index (χ1v) is 10.7. The van der Waals surface area contributed by atoms with Crippen LogP contribution in [-0.2, 0) is 9.84 Å². The van der Waals surface area contributed by atoms with E-state index < -0.39 is 9.84 Å². The Hall–Kier alpha value is -2.22. The molecule has 2 aromatic heterocycles. The van der Waals surface area contributed by atoms with Gasteiger partial charge in [0.2, 0.25) is 0 Å². The van der Waals surface area contributed by atoms with E-state index in [0.717, 1.165) is 29.6 Å². The van der Waals surface area contributed by atoms with E-state index in [0.29, 0.717) is 29.4 Å². The van der Waals surface area contributed by atoms with Gasteiger partial charge in [-0.1, -0.05) is 12.1 Å². The summed E-state index contributed by atoms with van der Waals surface area (Å²) in [5.74, 6) is 1.69. The van der Waals surface area contributed by atoms with Crippen LogP contribution >= 0.6 is 0 Å². The van der Waals surface area contributed by atoms with Crippen LogP contribution in [-0.4, -0.2) is 39.7 Å². The van der Waals surface area contributed by atoms with Crippen molar-refractivity contribution < 1.29 is 12.8 Å². The molecule has 6 nitrogen and oxygen atoms in total. The van der Waals surface area contributed by atoms with Crippen LogP contribution in [0.2, 0.25) is 0 Å². The monoisotopic (exact) mass is 374 g/mol. The van der Waals surface area contributed by atoms with Crippen molar-refractivity contribution in [3.05, 3.63) is 35.4 Å². The van der Waals surface area contributed by atoms with Crippen molar-refractivity contribution in [1.82, 2.24) is 19.7 Å². The van der Waals surface area contributed by atoms with Gasteiger partial charge in [-0.15, -0.1) is 0 Å². The molecule has 1 aliphatic carbocycles. The third-order valence-electron chi connectivity index (χ3n) is 5.41. The minimum Gasteiger partial charge on any atom is -0.349 e. The molecule has 0 bridgehead atoms. The fourth-order valence-corrected chi connectivity index (χ4v) is 5.48. The number of aromatic nitrogens is 4. The van der Waals surface area contributed by atoms with Crippen LogP contribution in [0.3, 0.4) is 0 Å². The average molecular weight is 374 g/mol. The normalized spacial score (nSPS) is 22.3. The Morgan fingerprint density at radius 2 is 2.08 bits per heavy atom. The summed E-state index contributed by atoms with van der Waals surface area (Å²) in [7, 11) is -3.04. The summed E-state index contributed by atoms with van der Waals surface area (Å²) >= 11 is 0. The van der Waals surface area contributed by atoms with Gasteiger partial charge in [-0.25, -0.2) is 22.5 Å². The smallest absolute Gasteiger partial charge is 0.175 e. The summed E-state index contributed by atoms with van der Waals surface area (Å²) in [6.45, 7) is 1.93. The lowest BCUT2D eigenvalue weighted by Crippen LogP contribution is -2.14. The number of nitrogens with zero attached hydrogens (tertiary/aromatic N) is 3. The molecule has 3 heterocycles. The van der Waals surface area contributed by atoms with Crippen molar-refractivity contribution in [2.24, 2.45) is 0 Å². The van der Waals surface area contributed by atoms with Crippen LogP contribution in [0.25, 0.3) is 22.4 Å². The quantitative estimate of drug-likeness (QED) is 0.764. The number of sulfone groups is 1. The SMILES string of the molecule is Cc1c(-c2nc(C3CC3)nn2[C@H]2CCS(=O)(=O)C2)[nH]c2c(F)cccc12. The summed E-state index contributed by atoms with van der Waals surface area (Å²) in [5, 5.41) is 5.46. The zero-order chi connectivity index (χ0) is 18.1. The van der Waals surface area contributed by atoms with E-state index in [4.69, 9.17) is 4.98 Å². The number of benzene rings is 1. The van der Waals surface area contributed by atoms with Gasteiger partial charge >= 0.3 is 0 Å². The maximum absolute atomic E-state index is 14.2. The van der Waals surface area contributed by atoms with Gasteiger partial charge in [0.15, 0.2) is 21.5 Å². The summed E-state index contributed by atoms with van der Waals surface area (Å²) in [6.07, 6.45) is 2.66. The topological polar surface area (TPSA) is 80.6 Å². The first-order valence-electron chi connectivity index (χ1n) is 8.87. The predicted molar refractivity (Wildman–Crippen MR) is 96.3 cm³/mol. The number of halogens is 1. The molecule has 1 N–H and O–H groups in total. The molecule has 3 aromatic rings. The standard InChI is InChI=1S/C18H19FN4O2S/c1-10-13-3-2-4-14(19)16(13)20-15(10)18-21-17(11-5-6-11)22-23(18)12-7-8-26(24,25)9-12/h2-4,11-12,20H,5-9H2,1H3/t12-/m0/s1. The first-order chi connectivity index (χ1) is 12.4. The van der Waals surface area contributed by atoms with Crippen LogP contribution in [0.5, 0.6) is 0 Å². The second-order valence-corrected chi connectivity index (χ2v) is 9.59. The lowest BCUT2D eigenvalue weighted by Gasteiger charge is -2.11. The maximum atomic E-state index is 14.2. The van der Waals surface area contributed by atoms with Crippen LogP contribution in [0.1, 0.15) is 42.6 Å². The summed E-state index contributed by atoms with van der Waals surface area (Å²) < 4.78 is 39.8. The van der Waals surface area contributed by atoms with Crippen molar-refractivity contribution in [2.75, 3.05) is 11.5 Å². The van der Waals surface area contributed by atoms with E-state index in [9.17, 15) is 12.8 Å². The summed E-state index contributed by atoms with van der Waals surface area (Å²) in [6, 6.07) is 4.76. The van der Waals surface area contributed by atoms with Gasteiger partial charge in [-0.05, 0) is 37.8 Å². The molecule has 0 radical (unpaired) electrons. The van der Waals surface area contributed by atoms with E-state index in [1.807, 2.05) is 13.0 Å². The van der Waals surface area contributed by atoms with Crippen molar-refractivity contribution in [2.45, 2.75) is 38.1 Å². The van der Waals surface area contributed by atoms with Gasteiger partial charge < -0.3 is 4.98 Å². The Labute approximate surface area is 150 Å². The third-order valence-corrected chi connectivity index (χ3v) is 7.16. The Morgan fingerprint density at radius 3 is 2.73 bits per heavy atom. The van der Waals surface area contributed by atoms with Crippen molar-refractivity contribution in [3.8, 4) is 11.5 Å². The van der Waals surface area contributed by atoms with E-state index in [2.05, 4.69) is 10.1 Å². The van der Waals surface area contributed by atoms with Gasteiger partial charge in [-0.3, -0.25) is 0 Å². The molecule has 136 valence electrons. The number of aryl methyl sites for hydroxylation is 1. The zero-order valence-electron chi connectivity index (χ0n) is 14.4. The first kappa shape index (κ1) is 16.0. The lowest BCUT2D eigenvalue weighted by atomic mass is 10.1. The fraction of sp³-hybridized carbons (Fsp3) is 0.444. The molecule has 0 spiro atoms. The highest BCUT2D eigenvalue weighted by Crippen LogP contribution is 2.41. The minimum atomic E-state index is -3.04. The highest BCUT2D eigenvalue weighted by Gasteiger charge is 2.35. The molecule has 26 heavy (non-hydrogen) atoms. The van der Waals surface area contributed by atoms with E-state index in [1.165, 1.54) is 6.07 Å². The molecular weight excluding hydrogens is 355 g/mol. The molecule has 8 heteroatoms. The largest absolute Gasteiger partial charge is 0.349 e. The van der Waals surface area contributed by atoms with E-state index >= 15 is 0 Å². The zero-order valence-corrected chi connectivity index (χ0v) is 15.2. The van der Waals surface area contributed by atoms with Gasteiger partial charge in [0, 0.05) is 11.3 Å². The Morgan fingerprint density at radius 1 is 1.27 bits per heavy atom. The Bertz CT molecular complexity index is 1130. The molecule has 1 aliphatic heterocycles. The second kappa shape index (κ2) is 5.39. The molecule has 5 rings (SSSR count). The van der Waals surface area contributed by atoms with Crippen LogP contribution < -0.4 is 0 Å². The van der Waals surface area contributed by atoms with Crippen molar-refractivity contribution in [1.29, 1.82) is 0 Å². The minimum absolute atomic E-state index is 0.0844. The predicted octanol–water partition coefficient (Wildman–Crippen LogP) is 3.11.